The second kappa shape index (κ2) is 6.20. The Kier molecular flexibility index (Phi) is 4.57. The van der Waals surface area contributed by atoms with Gasteiger partial charge in [0.15, 0.2) is 0 Å². The summed E-state index contributed by atoms with van der Waals surface area (Å²) < 4.78 is 18.5. The van der Waals surface area contributed by atoms with E-state index < -0.39 is 0 Å². The smallest absolute Gasteiger partial charge is 0.138 e. The van der Waals surface area contributed by atoms with Crippen LogP contribution in [0, 0.1) is 12.7 Å². The number of aryl methyl sites for hydroxylation is 1. The Labute approximate surface area is 127 Å². The predicted molar refractivity (Wildman–Crippen MR) is 82.8 cm³/mol. The lowest BCUT2D eigenvalue weighted by atomic mass is 10.1. The highest BCUT2D eigenvalue weighted by Gasteiger charge is 2.06. The molecule has 0 aliphatic heterocycles. The third kappa shape index (κ3) is 3.46. The third-order valence-electron chi connectivity index (χ3n) is 2.90. The van der Waals surface area contributed by atoms with Crippen LogP contribution in [-0.4, -0.2) is 4.99 Å². The standard InChI is InChI=1S/C15H13ClFNOS/c1-9-6-10(15(18)20)2-3-11(9)8-19-14-5-4-12(17)7-13(14)16/h2-7H,8H2,1H3,(H2,18,20). The number of halogens is 2. The number of benzene rings is 2. The fraction of sp³-hybridized carbons (Fsp3) is 0.133. The number of nitrogens with two attached hydrogens (primary N) is 1. The molecule has 0 atom stereocenters. The molecule has 0 fully saturated rings. The molecule has 0 bridgehead atoms. The van der Waals surface area contributed by atoms with Gasteiger partial charge < -0.3 is 10.5 Å². The van der Waals surface area contributed by atoms with Crippen molar-refractivity contribution in [2.45, 2.75) is 13.5 Å². The van der Waals surface area contributed by atoms with Gasteiger partial charge in [-0.1, -0.05) is 36.0 Å². The SMILES string of the molecule is Cc1cc(C(N)=S)ccc1COc1ccc(F)cc1Cl. The summed E-state index contributed by atoms with van der Waals surface area (Å²) in [6, 6.07) is 9.70. The number of thiocarbonyl (C=S) groups is 1. The Morgan fingerprint density at radius 2 is 2.05 bits per heavy atom. The summed E-state index contributed by atoms with van der Waals surface area (Å²) in [7, 11) is 0. The van der Waals surface area contributed by atoms with E-state index in [1.165, 1.54) is 18.2 Å². The minimum Gasteiger partial charge on any atom is -0.487 e. The molecule has 20 heavy (non-hydrogen) atoms. The van der Waals surface area contributed by atoms with Crippen LogP contribution in [0.15, 0.2) is 36.4 Å². The van der Waals surface area contributed by atoms with Crippen molar-refractivity contribution in [1.82, 2.24) is 0 Å². The van der Waals surface area contributed by atoms with Gasteiger partial charge in [-0.3, -0.25) is 0 Å². The Hall–Kier alpha value is -1.65. The van der Waals surface area contributed by atoms with Crippen LogP contribution in [0.2, 0.25) is 5.02 Å². The summed E-state index contributed by atoms with van der Waals surface area (Å²) >= 11 is 10.8. The molecule has 2 N–H and O–H groups in total. The van der Waals surface area contributed by atoms with Crippen molar-refractivity contribution < 1.29 is 9.13 Å². The van der Waals surface area contributed by atoms with E-state index in [-0.39, 0.29) is 10.8 Å². The highest BCUT2D eigenvalue weighted by Crippen LogP contribution is 2.26. The van der Waals surface area contributed by atoms with Crippen LogP contribution < -0.4 is 10.5 Å². The quantitative estimate of drug-likeness (QED) is 0.867. The van der Waals surface area contributed by atoms with E-state index in [0.29, 0.717) is 17.3 Å². The summed E-state index contributed by atoms with van der Waals surface area (Å²) in [5.41, 5.74) is 8.41. The zero-order valence-corrected chi connectivity index (χ0v) is 12.4. The summed E-state index contributed by atoms with van der Waals surface area (Å²) in [5.74, 6) is 0.0604. The maximum atomic E-state index is 12.9. The van der Waals surface area contributed by atoms with Gasteiger partial charge in [0, 0.05) is 5.56 Å². The molecular formula is C15H13ClFNOS. The van der Waals surface area contributed by atoms with Gasteiger partial charge in [0.2, 0.25) is 0 Å². The van der Waals surface area contributed by atoms with Crippen LogP contribution in [0.5, 0.6) is 5.75 Å². The minimum absolute atomic E-state index is 0.252. The van der Waals surface area contributed by atoms with Crippen molar-refractivity contribution in [2.24, 2.45) is 5.73 Å². The highest BCUT2D eigenvalue weighted by atomic mass is 35.5. The molecule has 104 valence electrons. The lowest BCUT2D eigenvalue weighted by molar-refractivity contribution is 0.305. The summed E-state index contributed by atoms with van der Waals surface area (Å²) in [5, 5.41) is 0.252. The van der Waals surface area contributed by atoms with Gasteiger partial charge in [0.1, 0.15) is 23.2 Å². The molecule has 0 unspecified atom stereocenters. The molecule has 2 rings (SSSR count). The Morgan fingerprint density at radius 3 is 2.65 bits per heavy atom. The molecule has 0 amide bonds. The molecule has 2 nitrogen and oxygen atoms in total. The molecule has 0 aromatic heterocycles. The Bertz CT molecular complexity index is 660. The molecule has 0 radical (unpaired) electrons. The van der Waals surface area contributed by atoms with Crippen LogP contribution in [0.4, 0.5) is 4.39 Å². The zero-order chi connectivity index (χ0) is 14.7. The molecule has 0 aliphatic carbocycles. The van der Waals surface area contributed by atoms with E-state index in [4.69, 9.17) is 34.3 Å². The largest absolute Gasteiger partial charge is 0.487 e. The van der Waals surface area contributed by atoms with Crippen molar-refractivity contribution >= 4 is 28.8 Å². The summed E-state index contributed by atoms with van der Waals surface area (Å²) in [6.07, 6.45) is 0. The normalized spacial score (nSPS) is 10.3. The van der Waals surface area contributed by atoms with Crippen molar-refractivity contribution in [2.75, 3.05) is 0 Å². The van der Waals surface area contributed by atoms with Gasteiger partial charge in [0.25, 0.3) is 0 Å². The second-order valence-electron chi connectivity index (χ2n) is 4.37. The molecule has 0 aliphatic rings. The fourth-order valence-corrected chi connectivity index (χ4v) is 2.11. The fourth-order valence-electron chi connectivity index (χ4n) is 1.76. The minimum atomic E-state index is -0.389. The first kappa shape index (κ1) is 14.8. The lowest BCUT2D eigenvalue weighted by Gasteiger charge is -2.11. The molecule has 2 aromatic carbocycles. The first-order valence-corrected chi connectivity index (χ1v) is 6.73. The number of hydrogen-bond acceptors (Lipinski definition) is 2. The van der Waals surface area contributed by atoms with Gasteiger partial charge in [-0.2, -0.15) is 0 Å². The van der Waals surface area contributed by atoms with Crippen LogP contribution in [-0.2, 0) is 6.61 Å². The predicted octanol–water partition coefficient (Wildman–Crippen LogP) is 4.00. The Balaban J connectivity index is 2.13. The van der Waals surface area contributed by atoms with Gasteiger partial charge in [-0.25, -0.2) is 4.39 Å². The molecule has 0 saturated carbocycles. The monoisotopic (exact) mass is 309 g/mol. The molecule has 5 heteroatoms. The van der Waals surface area contributed by atoms with Gasteiger partial charge in [0.05, 0.1) is 5.02 Å². The average molecular weight is 310 g/mol. The van der Waals surface area contributed by atoms with Crippen LogP contribution >= 0.6 is 23.8 Å². The van der Waals surface area contributed by atoms with Crippen molar-refractivity contribution in [1.29, 1.82) is 0 Å². The Morgan fingerprint density at radius 1 is 1.30 bits per heavy atom. The van der Waals surface area contributed by atoms with Gasteiger partial charge in [-0.15, -0.1) is 0 Å². The van der Waals surface area contributed by atoms with Crippen LogP contribution in [0.3, 0.4) is 0 Å². The number of rotatable bonds is 4. The summed E-state index contributed by atoms with van der Waals surface area (Å²) in [6.45, 7) is 2.29. The summed E-state index contributed by atoms with van der Waals surface area (Å²) in [4.78, 5) is 0.363. The van der Waals surface area contributed by atoms with E-state index in [1.54, 1.807) is 0 Å². The average Bonchev–Trinajstić information content (AvgIpc) is 2.38. The van der Waals surface area contributed by atoms with Crippen LogP contribution in [0.1, 0.15) is 16.7 Å². The maximum Gasteiger partial charge on any atom is 0.138 e. The van der Waals surface area contributed by atoms with Crippen molar-refractivity contribution in [3.05, 3.63) is 63.9 Å². The first-order valence-electron chi connectivity index (χ1n) is 5.94. The zero-order valence-electron chi connectivity index (χ0n) is 10.8. The van der Waals surface area contributed by atoms with E-state index in [1.807, 2.05) is 25.1 Å². The molecule has 0 saturated heterocycles. The third-order valence-corrected chi connectivity index (χ3v) is 3.44. The molecule has 2 aromatic rings. The van der Waals surface area contributed by atoms with E-state index >= 15 is 0 Å². The van der Waals surface area contributed by atoms with Crippen molar-refractivity contribution in [3.8, 4) is 5.75 Å². The topological polar surface area (TPSA) is 35.2 Å². The molecule has 0 spiro atoms. The van der Waals surface area contributed by atoms with Crippen molar-refractivity contribution in [3.63, 3.8) is 0 Å². The number of hydrogen-bond donors (Lipinski definition) is 1. The van der Waals surface area contributed by atoms with Gasteiger partial charge >= 0.3 is 0 Å². The molecule has 0 heterocycles. The second-order valence-corrected chi connectivity index (χ2v) is 5.22. The van der Waals surface area contributed by atoms with E-state index in [0.717, 1.165) is 16.7 Å². The molecular weight excluding hydrogens is 297 g/mol. The van der Waals surface area contributed by atoms with Gasteiger partial charge in [-0.05, 0) is 42.3 Å². The highest BCUT2D eigenvalue weighted by molar-refractivity contribution is 7.80. The lowest BCUT2D eigenvalue weighted by Crippen LogP contribution is -2.10. The first-order chi connectivity index (χ1) is 9.47. The van der Waals surface area contributed by atoms with E-state index in [9.17, 15) is 4.39 Å². The van der Waals surface area contributed by atoms with Crippen LogP contribution in [0.25, 0.3) is 0 Å². The van der Waals surface area contributed by atoms with E-state index in [2.05, 4.69) is 0 Å². The number of ether oxygens (including phenoxy) is 1. The maximum absolute atomic E-state index is 12.9.